The highest BCUT2D eigenvalue weighted by atomic mass is 32.2. The van der Waals surface area contributed by atoms with Gasteiger partial charge in [0.1, 0.15) is 5.54 Å². The van der Waals surface area contributed by atoms with Crippen LogP contribution < -0.4 is 5.32 Å². The summed E-state index contributed by atoms with van der Waals surface area (Å²) in [6.07, 6.45) is 0. The first kappa shape index (κ1) is 17.0. The van der Waals surface area contributed by atoms with Crippen LogP contribution in [0.4, 0.5) is 0 Å². The summed E-state index contributed by atoms with van der Waals surface area (Å²) in [4.78, 5) is 0. The van der Waals surface area contributed by atoms with E-state index >= 15 is 0 Å². The van der Waals surface area contributed by atoms with E-state index in [1.807, 2.05) is 37.3 Å². The number of benzene rings is 1. The number of aliphatic hydroxyl groups excluding tert-OH is 1. The van der Waals surface area contributed by atoms with Gasteiger partial charge in [-0.25, -0.2) is 0 Å². The Kier molecular flexibility index (Phi) is 7.08. The molecule has 0 aromatic heterocycles. The van der Waals surface area contributed by atoms with Crippen LogP contribution in [0.5, 0.6) is 0 Å². The van der Waals surface area contributed by atoms with Crippen molar-refractivity contribution in [2.45, 2.75) is 32.4 Å². The fraction of sp³-hybridized carbons (Fsp3) is 0.562. The van der Waals surface area contributed by atoms with Gasteiger partial charge in [-0.3, -0.25) is 5.32 Å². The third-order valence-electron chi connectivity index (χ3n) is 3.03. The van der Waals surface area contributed by atoms with Crippen LogP contribution in [-0.4, -0.2) is 29.3 Å². The van der Waals surface area contributed by atoms with E-state index < -0.39 is 5.54 Å². The molecule has 1 aromatic carbocycles. The lowest BCUT2D eigenvalue weighted by Gasteiger charge is -2.30. The van der Waals surface area contributed by atoms with E-state index in [1.54, 1.807) is 11.8 Å². The molecule has 0 radical (unpaired) electrons. The van der Waals surface area contributed by atoms with Gasteiger partial charge in [-0.1, -0.05) is 37.3 Å². The van der Waals surface area contributed by atoms with Gasteiger partial charge < -0.3 is 5.11 Å². The summed E-state index contributed by atoms with van der Waals surface area (Å²) in [5, 5.41) is 22.2. The summed E-state index contributed by atoms with van der Waals surface area (Å²) < 4.78 is 0. The van der Waals surface area contributed by atoms with Gasteiger partial charge in [0, 0.05) is 18.4 Å². The van der Waals surface area contributed by atoms with Crippen LogP contribution in [0.25, 0.3) is 0 Å². The Morgan fingerprint density at radius 2 is 1.95 bits per heavy atom. The molecule has 2 N–H and O–H groups in total. The summed E-state index contributed by atoms with van der Waals surface area (Å²) in [6.45, 7) is 6.31. The van der Waals surface area contributed by atoms with Crippen molar-refractivity contribution in [3.05, 3.63) is 35.9 Å². The zero-order chi connectivity index (χ0) is 15.0. The molecular weight excluding hydrogens is 268 g/mol. The summed E-state index contributed by atoms with van der Waals surface area (Å²) in [5.74, 6) is 1.79. The minimum Gasteiger partial charge on any atom is -0.396 e. The Labute approximate surface area is 126 Å². The first-order valence-electron chi connectivity index (χ1n) is 6.97. The Bertz CT molecular complexity index is 430. The highest BCUT2D eigenvalue weighted by molar-refractivity contribution is 7.99. The van der Waals surface area contributed by atoms with Crippen molar-refractivity contribution in [1.82, 2.24) is 5.32 Å². The molecule has 2 unspecified atom stereocenters. The van der Waals surface area contributed by atoms with Crippen molar-refractivity contribution in [3.63, 3.8) is 0 Å². The minimum absolute atomic E-state index is 0.190. The highest BCUT2D eigenvalue weighted by Gasteiger charge is 2.32. The van der Waals surface area contributed by atoms with Crippen LogP contribution in [0, 0.1) is 17.2 Å². The maximum atomic E-state index is 9.73. The van der Waals surface area contributed by atoms with Crippen LogP contribution in [0.3, 0.4) is 0 Å². The van der Waals surface area contributed by atoms with Gasteiger partial charge in [-0.2, -0.15) is 17.0 Å². The van der Waals surface area contributed by atoms with Gasteiger partial charge in [-0.15, -0.1) is 0 Å². The second-order valence-electron chi connectivity index (χ2n) is 5.49. The molecule has 0 fully saturated rings. The first-order valence-corrected chi connectivity index (χ1v) is 8.12. The van der Waals surface area contributed by atoms with Gasteiger partial charge in [0.05, 0.1) is 6.07 Å². The number of rotatable bonds is 8. The molecule has 0 aliphatic rings. The van der Waals surface area contributed by atoms with Gasteiger partial charge in [0.25, 0.3) is 0 Å². The number of thioether (sulfide) groups is 1. The molecule has 2 atom stereocenters. The van der Waals surface area contributed by atoms with Crippen molar-refractivity contribution in [3.8, 4) is 6.07 Å². The van der Waals surface area contributed by atoms with Crippen molar-refractivity contribution in [1.29, 1.82) is 5.26 Å². The third kappa shape index (κ3) is 4.82. The zero-order valence-electron chi connectivity index (χ0n) is 12.5. The number of hydrogen-bond donors (Lipinski definition) is 2. The van der Waals surface area contributed by atoms with Crippen molar-refractivity contribution < 1.29 is 5.11 Å². The second-order valence-corrected chi connectivity index (χ2v) is 6.52. The summed E-state index contributed by atoms with van der Waals surface area (Å²) in [7, 11) is 0. The summed E-state index contributed by atoms with van der Waals surface area (Å²) in [6, 6.07) is 12.6. The molecule has 3 nitrogen and oxygen atoms in total. The van der Waals surface area contributed by atoms with Crippen LogP contribution >= 0.6 is 11.8 Å². The van der Waals surface area contributed by atoms with Gasteiger partial charge >= 0.3 is 0 Å². The lowest BCUT2D eigenvalue weighted by molar-refractivity contribution is 0.250. The summed E-state index contributed by atoms with van der Waals surface area (Å²) >= 11 is 1.71. The quantitative estimate of drug-likeness (QED) is 0.773. The highest BCUT2D eigenvalue weighted by Crippen LogP contribution is 2.27. The lowest BCUT2D eigenvalue weighted by atomic mass is 9.92. The fourth-order valence-electron chi connectivity index (χ4n) is 2.02. The molecule has 110 valence electrons. The molecule has 1 aromatic rings. The van der Waals surface area contributed by atoms with E-state index in [0.29, 0.717) is 5.75 Å². The molecule has 0 heterocycles. The minimum atomic E-state index is -0.671. The molecule has 20 heavy (non-hydrogen) atoms. The Balaban J connectivity index is 2.87. The number of nitrogens with zero attached hydrogens (tertiary/aromatic N) is 1. The number of aliphatic hydroxyl groups is 1. The molecule has 0 saturated heterocycles. The van der Waals surface area contributed by atoms with E-state index in [-0.39, 0.29) is 18.6 Å². The zero-order valence-corrected chi connectivity index (χ0v) is 13.3. The predicted octanol–water partition coefficient (Wildman–Crippen LogP) is 2.77. The molecular formula is C16H24N2OS. The Morgan fingerprint density at radius 3 is 2.45 bits per heavy atom. The molecule has 0 bridgehead atoms. The molecule has 1 rings (SSSR count). The van der Waals surface area contributed by atoms with Gasteiger partial charge in [0.15, 0.2) is 0 Å². The summed E-state index contributed by atoms with van der Waals surface area (Å²) in [5.41, 5.74) is 0.329. The fourth-order valence-corrected chi connectivity index (χ4v) is 3.27. The second kappa shape index (κ2) is 8.31. The SMILES string of the molecule is CC(CO)CSCC(C#N)(NC(C)C)c1ccccc1. The average Bonchev–Trinajstić information content (AvgIpc) is 2.46. The van der Waals surface area contributed by atoms with E-state index in [0.717, 1.165) is 11.3 Å². The largest absolute Gasteiger partial charge is 0.396 e. The van der Waals surface area contributed by atoms with Crippen LogP contribution in [-0.2, 0) is 5.54 Å². The first-order chi connectivity index (χ1) is 9.54. The topological polar surface area (TPSA) is 56.0 Å². The monoisotopic (exact) mass is 292 g/mol. The Hall–Kier alpha value is -1.02. The number of nitrogens with one attached hydrogen (secondary N) is 1. The van der Waals surface area contributed by atoms with E-state index in [1.165, 1.54) is 0 Å². The van der Waals surface area contributed by atoms with Crippen molar-refractivity contribution in [2.75, 3.05) is 18.1 Å². The van der Waals surface area contributed by atoms with Crippen molar-refractivity contribution >= 4 is 11.8 Å². The average molecular weight is 292 g/mol. The standard InChI is InChI=1S/C16H24N2OS/c1-13(2)18-16(11-17,12-20-10-14(3)9-19)15-7-5-4-6-8-15/h4-8,13-14,18-19H,9-10,12H2,1-3H3. The van der Waals surface area contributed by atoms with E-state index in [2.05, 4.69) is 25.2 Å². The number of nitriles is 1. The maximum Gasteiger partial charge on any atom is 0.141 e. The van der Waals surface area contributed by atoms with Crippen molar-refractivity contribution in [2.24, 2.45) is 5.92 Å². The normalized spacial score (nSPS) is 15.6. The number of hydrogen-bond acceptors (Lipinski definition) is 4. The van der Waals surface area contributed by atoms with E-state index in [4.69, 9.17) is 5.11 Å². The molecule has 0 amide bonds. The van der Waals surface area contributed by atoms with E-state index in [9.17, 15) is 5.26 Å². The van der Waals surface area contributed by atoms with Crippen LogP contribution in [0.15, 0.2) is 30.3 Å². The molecule has 0 aliphatic heterocycles. The Morgan fingerprint density at radius 1 is 1.30 bits per heavy atom. The molecule has 0 saturated carbocycles. The lowest BCUT2D eigenvalue weighted by Crippen LogP contribution is -2.47. The maximum absolute atomic E-state index is 9.73. The molecule has 0 aliphatic carbocycles. The molecule has 4 heteroatoms. The van der Waals surface area contributed by atoms with Gasteiger partial charge in [-0.05, 0) is 31.1 Å². The van der Waals surface area contributed by atoms with Gasteiger partial charge in [0.2, 0.25) is 0 Å². The molecule has 0 spiro atoms. The smallest absolute Gasteiger partial charge is 0.141 e. The van der Waals surface area contributed by atoms with Crippen LogP contribution in [0.2, 0.25) is 0 Å². The van der Waals surface area contributed by atoms with Crippen LogP contribution in [0.1, 0.15) is 26.3 Å². The third-order valence-corrected chi connectivity index (χ3v) is 4.47. The predicted molar refractivity (Wildman–Crippen MR) is 85.6 cm³/mol.